The minimum Gasteiger partial charge on any atom is -0.489 e. The molecule has 6 rings (SSSR count). The number of Topliss-reactive ketones (excluding diaryl/α,β-unsaturated/α-hetero) is 1. The molecule has 0 spiro atoms. The molecule has 0 heterocycles. The summed E-state index contributed by atoms with van der Waals surface area (Å²) in [5, 5.41) is 0. The Morgan fingerprint density at radius 2 is 0.833 bits per heavy atom. The molecule has 0 aromatic heterocycles. The van der Waals surface area contributed by atoms with Crippen molar-refractivity contribution < 1.29 is 23.7 Å². The maximum atomic E-state index is 11.6. The molecule has 278 valence electrons. The summed E-state index contributed by atoms with van der Waals surface area (Å²) < 4.78 is 25.3. The van der Waals surface area contributed by atoms with Gasteiger partial charge in [0.1, 0.15) is 55.2 Å². The number of carbonyl (C=O) groups is 1. The Kier molecular flexibility index (Phi) is 14.9. The third kappa shape index (κ3) is 11.6. The highest BCUT2D eigenvalue weighted by atomic mass is 79.9. The van der Waals surface area contributed by atoms with E-state index in [9.17, 15) is 4.79 Å². The van der Waals surface area contributed by atoms with Crippen molar-refractivity contribution in [3.8, 4) is 23.0 Å². The van der Waals surface area contributed by atoms with Crippen molar-refractivity contribution in [3.63, 3.8) is 0 Å². The van der Waals surface area contributed by atoms with Gasteiger partial charge in [0, 0.05) is 6.42 Å². The van der Waals surface area contributed by atoms with E-state index >= 15 is 0 Å². The van der Waals surface area contributed by atoms with Crippen LogP contribution in [0.5, 0.6) is 23.0 Å². The third-order valence-corrected chi connectivity index (χ3v) is 9.88. The molecule has 0 unspecified atom stereocenters. The highest BCUT2D eigenvalue weighted by molar-refractivity contribution is 9.10. The van der Waals surface area contributed by atoms with Crippen molar-refractivity contribution in [1.82, 2.24) is 0 Å². The molecule has 0 amide bonds. The molecule has 0 aliphatic heterocycles. The van der Waals surface area contributed by atoms with Gasteiger partial charge in [0.25, 0.3) is 0 Å². The highest BCUT2D eigenvalue weighted by Crippen LogP contribution is 2.38. The van der Waals surface area contributed by atoms with Gasteiger partial charge in [-0.25, -0.2) is 0 Å². The lowest BCUT2D eigenvalue weighted by Crippen LogP contribution is -2.06. The van der Waals surface area contributed by atoms with Gasteiger partial charge >= 0.3 is 0 Å². The first-order chi connectivity index (χ1) is 26.2. The van der Waals surface area contributed by atoms with Crippen LogP contribution in [0.15, 0.2) is 138 Å². The predicted octanol–water partition coefficient (Wildman–Crippen LogP) is 12.2. The van der Waals surface area contributed by atoms with Crippen LogP contribution in [0.2, 0.25) is 0 Å². The van der Waals surface area contributed by atoms with Gasteiger partial charge < -0.3 is 23.7 Å². The number of ketones is 1. The Morgan fingerprint density at radius 3 is 1.24 bits per heavy atom. The van der Waals surface area contributed by atoms with Crippen LogP contribution in [0.4, 0.5) is 0 Å². The molecule has 0 radical (unpaired) electrons. The molecule has 0 bridgehead atoms. The molecule has 0 saturated heterocycles. The van der Waals surface area contributed by atoms with Gasteiger partial charge in [0.05, 0.1) is 4.47 Å². The maximum absolute atomic E-state index is 11.6. The van der Waals surface area contributed by atoms with Crippen molar-refractivity contribution >= 4 is 21.7 Å². The number of hydrogen-bond acceptors (Lipinski definition) is 5. The number of carbonyl (C=O) groups excluding carboxylic acids is 1. The van der Waals surface area contributed by atoms with E-state index in [-0.39, 0.29) is 5.78 Å². The fraction of sp³-hybridized carbons (Fsp3) is 0.229. The van der Waals surface area contributed by atoms with Crippen molar-refractivity contribution in [1.29, 1.82) is 0 Å². The van der Waals surface area contributed by atoms with Crippen molar-refractivity contribution in [2.75, 3.05) is 0 Å². The summed E-state index contributed by atoms with van der Waals surface area (Å²) in [6, 6.07) is 44.6. The number of hydrogen-bond donors (Lipinski definition) is 0. The van der Waals surface area contributed by atoms with Crippen LogP contribution in [0.25, 0.3) is 0 Å². The van der Waals surface area contributed by atoms with Crippen LogP contribution in [0.1, 0.15) is 63.4 Å². The maximum Gasteiger partial charge on any atom is 0.137 e. The molecule has 0 aliphatic carbocycles. The number of rotatable bonds is 15. The Labute approximate surface area is 329 Å². The average Bonchev–Trinajstić information content (AvgIpc) is 3.20. The van der Waals surface area contributed by atoms with Crippen LogP contribution in [0.3, 0.4) is 0 Å². The zero-order chi connectivity index (χ0) is 38.3. The van der Waals surface area contributed by atoms with Gasteiger partial charge in [-0.3, -0.25) is 0 Å². The lowest BCUT2D eigenvalue weighted by atomic mass is 9.99. The standard InChI is InChI=1S/C26H28O3.C22H21BrO2/c1-19(27)14-15-24-16-25(28-17-22-10-6-4-7-11-22)20(2)21(3)26(24)29-18-23-12-8-5-9-13-23;1-16-17(2)22(25-15-19-11-7-4-8-12-19)20(23)13-21(16)24-14-18-9-5-3-6-10-18/h4-13,16H,14-15,17-18H2,1-3H3;3-13H,14-15H2,1-2H3. The van der Waals surface area contributed by atoms with Crippen LogP contribution >= 0.6 is 15.9 Å². The Morgan fingerprint density at radius 1 is 0.481 bits per heavy atom. The van der Waals surface area contributed by atoms with Gasteiger partial charge in [-0.05, 0) is 119 Å². The van der Waals surface area contributed by atoms with Crippen LogP contribution in [-0.4, -0.2) is 5.78 Å². The van der Waals surface area contributed by atoms with Crippen molar-refractivity contribution in [2.24, 2.45) is 0 Å². The van der Waals surface area contributed by atoms with E-state index in [1.165, 1.54) is 0 Å². The lowest BCUT2D eigenvalue weighted by molar-refractivity contribution is -0.116. The summed E-state index contributed by atoms with van der Waals surface area (Å²) in [6.45, 7) is 12.0. The summed E-state index contributed by atoms with van der Waals surface area (Å²) >= 11 is 3.63. The molecule has 0 N–H and O–H groups in total. The number of ether oxygens (including phenoxy) is 4. The minimum absolute atomic E-state index is 0.170. The normalized spacial score (nSPS) is 10.6. The first kappa shape index (κ1) is 39.9. The van der Waals surface area contributed by atoms with E-state index in [0.29, 0.717) is 39.3 Å². The first-order valence-electron chi connectivity index (χ1n) is 18.3. The SMILES string of the molecule is CC(=O)CCc1cc(OCc2ccccc2)c(C)c(C)c1OCc1ccccc1.Cc1c(OCc2ccccc2)cc(Br)c(OCc2ccccc2)c1C. The van der Waals surface area contributed by atoms with E-state index in [0.717, 1.165) is 77.5 Å². The van der Waals surface area contributed by atoms with Crippen LogP contribution in [-0.2, 0) is 37.6 Å². The summed E-state index contributed by atoms with van der Waals surface area (Å²) in [6.07, 6.45) is 1.13. The van der Waals surface area contributed by atoms with E-state index in [4.69, 9.17) is 18.9 Å². The Bertz CT molecular complexity index is 2080. The zero-order valence-corrected chi connectivity index (χ0v) is 33.4. The summed E-state index contributed by atoms with van der Waals surface area (Å²) in [4.78, 5) is 11.6. The Balaban J connectivity index is 0.000000210. The molecule has 6 aromatic carbocycles. The van der Waals surface area contributed by atoms with Crippen molar-refractivity contribution in [3.05, 3.63) is 188 Å². The molecule has 54 heavy (non-hydrogen) atoms. The van der Waals surface area contributed by atoms with Crippen LogP contribution < -0.4 is 18.9 Å². The van der Waals surface area contributed by atoms with E-state index in [1.54, 1.807) is 6.92 Å². The second kappa shape index (κ2) is 20.2. The van der Waals surface area contributed by atoms with E-state index in [2.05, 4.69) is 92.2 Å². The van der Waals surface area contributed by atoms with Gasteiger partial charge in [-0.15, -0.1) is 0 Å². The molecule has 0 atom stereocenters. The summed E-state index contributed by atoms with van der Waals surface area (Å²) in [5.41, 5.74) is 9.88. The molecule has 6 aromatic rings. The highest BCUT2D eigenvalue weighted by Gasteiger charge is 2.17. The monoisotopic (exact) mass is 784 g/mol. The number of benzene rings is 6. The fourth-order valence-electron chi connectivity index (χ4n) is 5.86. The second-order valence-electron chi connectivity index (χ2n) is 13.3. The molecular weight excluding hydrogens is 736 g/mol. The van der Waals surface area contributed by atoms with Gasteiger partial charge in [-0.2, -0.15) is 0 Å². The number of aryl methyl sites for hydroxylation is 1. The molecule has 5 nitrogen and oxygen atoms in total. The second-order valence-corrected chi connectivity index (χ2v) is 14.2. The molecule has 0 aliphatic rings. The quantitative estimate of drug-likeness (QED) is 0.104. The summed E-state index contributed by atoms with van der Waals surface area (Å²) in [7, 11) is 0. The number of halogens is 1. The summed E-state index contributed by atoms with van der Waals surface area (Å²) in [5.74, 6) is 3.62. The topological polar surface area (TPSA) is 54.0 Å². The fourth-order valence-corrected chi connectivity index (χ4v) is 6.48. The third-order valence-electron chi connectivity index (χ3n) is 9.29. The van der Waals surface area contributed by atoms with Crippen molar-refractivity contribution in [2.45, 2.75) is 73.9 Å². The largest absolute Gasteiger partial charge is 0.489 e. The predicted molar refractivity (Wildman–Crippen MR) is 222 cm³/mol. The molecule has 6 heteroatoms. The average molecular weight is 786 g/mol. The molecule has 0 fully saturated rings. The van der Waals surface area contributed by atoms with Gasteiger partial charge in [0.15, 0.2) is 0 Å². The van der Waals surface area contributed by atoms with Crippen LogP contribution in [0, 0.1) is 27.7 Å². The smallest absolute Gasteiger partial charge is 0.137 e. The van der Waals surface area contributed by atoms with Gasteiger partial charge in [0.2, 0.25) is 0 Å². The Hall–Kier alpha value is -5.33. The first-order valence-corrected chi connectivity index (χ1v) is 19.1. The van der Waals surface area contributed by atoms with Gasteiger partial charge in [-0.1, -0.05) is 121 Å². The van der Waals surface area contributed by atoms with E-state index in [1.807, 2.05) is 84.9 Å². The molecule has 0 saturated carbocycles. The zero-order valence-electron chi connectivity index (χ0n) is 31.9. The minimum atomic E-state index is 0.170. The van der Waals surface area contributed by atoms with E-state index < -0.39 is 0 Å². The molecular formula is C48H49BrO5. The lowest BCUT2D eigenvalue weighted by Gasteiger charge is -2.19.